The van der Waals surface area contributed by atoms with Crippen LogP contribution in [0.3, 0.4) is 0 Å². The topological polar surface area (TPSA) is 52.7 Å². The largest absolute Gasteiger partial charge is 0.324 e. The summed E-state index contributed by atoms with van der Waals surface area (Å²) < 4.78 is 0. The van der Waals surface area contributed by atoms with Crippen molar-refractivity contribution < 1.29 is 9.59 Å². The first-order valence-corrected chi connectivity index (χ1v) is 8.89. The van der Waals surface area contributed by atoms with Gasteiger partial charge in [0.1, 0.15) is 0 Å². The number of aryl methyl sites for hydroxylation is 1. The highest BCUT2D eigenvalue weighted by Gasteiger charge is 2.29. The third kappa shape index (κ3) is 3.94. The minimum atomic E-state index is -0.182. The van der Waals surface area contributed by atoms with E-state index in [2.05, 4.69) is 24.4 Å². The molecule has 5 nitrogen and oxygen atoms in total. The second-order valence-corrected chi connectivity index (χ2v) is 6.98. The third-order valence-electron chi connectivity index (χ3n) is 4.73. The fourth-order valence-corrected chi connectivity index (χ4v) is 3.41. The van der Waals surface area contributed by atoms with Crippen LogP contribution in [0, 0.1) is 6.92 Å². The van der Waals surface area contributed by atoms with E-state index < -0.39 is 0 Å². The van der Waals surface area contributed by atoms with E-state index in [1.165, 1.54) is 11.1 Å². The van der Waals surface area contributed by atoms with Gasteiger partial charge in [-0.25, -0.2) is 0 Å². The van der Waals surface area contributed by atoms with E-state index in [1.807, 2.05) is 55.3 Å². The molecule has 26 heavy (non-hydrogen) atoms. The number of hydrogen-bond acceptors (Lipinski definition) is 3. The number of likely N-dealkylation sites (N-methyl/N-ethyl adjacent to an activating group) is 1. The van der Waals surface area contributed by atoms with Crippen LogP contribution in [0.15, 0.2) is 48.5 Å². The predicted octanol–water partition coefficient (Wildman–Crippen LogP) is 3.19. The monoisotopic (exact) mass is 351 g/mol. The second kappa shape index (κ2) is 7.70. The fraction of sp³-hybridized carbons (Fsp3) is 0.333. The van der Waals surface area contributed by atoms with E-state index >= 15 is 0 Å². The Labute approximate surface area is 154 Å². The van der Waals surface area contributed by atoms with Crippen LogP contribution in [0.5, 0.6) is 0 Å². The minimum Gasteiger partial charge on any atom is -0.324 e. The van der Waals surface area contributed by atoms with Crippen LogP contribution < -0.4 is 10.2 Å². The van der Waals surface area contributed by atoms with Crippen molar-refractivity contribution in [2.75, 3.05) is 23.8 Å². The average Bonchev–Trinajstić information content (AvgIpc) is 2.71. The molecule has 1 N–H and O–H groups in total. The van der Waals surface area contributed by atoms with Crippen molar-refractivity contribution in [3.8, 4) is 0 Å². The normalized spacial score (nSPS) is 16.8. The molecule has 3 rings (SSSR count). The van der Waals surface area contributed by atoms with Crippen LogP contribution in [0.4, 0.5) is 11.4 Å². The van der Waals surface area contributed by atoms with Gasteiger partial charge in [0.2, 0.25) is 11.8 Å². The number of anilines is 2. The van der Waals surface area contributed by atoms with Gasteiger partial charge in [-0.2, -0.15) is 0 Å². The summed E-state index contributed by atoms with van der Waals surface area (Å²) in [7, 11) is 1.95. The fourth-order valence-electron chi connectivity index (χ4n) is 3.41. The number of hydrogen-bond donors (Lipinski definition) is 1. The lowest BCUT2D eigenvalue weighted by molar-refractivity contribution is -0.120. The Morgan fingerprint density at radius 1 is 1.19 bits per heavy atom. The number of amides is 2. The molecule has 136 valence electrons. The summed E-state index contributed by atoms with van der Waals surface area (Å²) in [6, 6.07) is 15.5. The van der Waals surface area contributed by atoms with Crippen LogP contribution in [-0.2, 0) is 16.1 Å². The summed E-state index contributed by atoms with van der Waals surface area (Å²) in [4.78, 5) is 28.9. The lowest BCUT2D eigenvalue weighted by atomic mass is 10.1. The molecule has 2 aromatic carbocycles. The lowest BCUT2D eigenvalue weighted by Gasteiger charge is -2.30. The van der Waals surface area contributed by atoms with Gasteiger partial charge in [-0.15, -0.1) is 0 Å². The number of carbonyl (C=O) groups excluding carboxylic acids is 2. The van der Waals surface area contributed by atoms with Crippen molar-refractivity contribution in [3.05, 3.63) is 59.7 Å². The van der Waals surface area contributed by atoms with E-state index in [0.29, 0.717) is 25.2 Å². The maximum absolute atomic E-state index is 13.1. The Hall–Kier alpha value is -2.66. The van der Waals surface area contributed by atoms with Gasteiger partial charge in [0.25, 0.3) is 0 Å². The number of fused-ring (bicyclic) bond motifs is 1. The highest BCUT2D eigenvalue weighted by Crippen LogP contribution is 2.31. The summed E-state index contributed by atoms with van der Waals surface area (Å²) in [5.41, 5.74) is 3.89. The molecule has 1 atom stereocenters. The number of rotatable bonds is 4. The highest BCUT2D eigenvalue weighted by molar-refractivity contribution is 6.04. The van der Waals surface area contributed by atoms with Gasteiger partial charge in [0, 0.05) is 19.0 Å². The van der Waals surface area contributed by atoms with E-state index in [9.17, 15) is 9.59 Å². The molecular formula is C21H25N3O2. The zero-order chi connectivity index (χ0) is 18.7. The van der Waals surface area contributed by atoms with Gasteiger partial charge in [0.15, 0.2) is 0 Å². The highest BCUT2D eigenvalue weighted by atomic mass is 16.2. The molecule has 0 saturated heterocycles. The molecule has 1 aliphatic rings. The van der Waals surface area contributed by atoms with Crippen molar-refractivity contribution in [3.63, 3.8) is 0 Å². The lowest BCUT2D eigenvalue weighted by Crippen LogP contribution is -2.44. The molecule has 0 fully saturated rings. The van der Waals surface area contributed by atoms with Crippen molar-refractivity contribution in [2.45, 2.75) is 32.9 Å². The number of para-hydroxylation sites is 2. The van der Waals surface area contributed by atoms with Crippen molar-refractivity contribution >= 4 is 23.2 Å². The number of nitrogens with zero attached hydrogens (tertiary/aromatic N) is 2. The van der Waals surface area contributed by atoms with E-state index in [4.69, 9.17) is 0 Å². The van der Waals surface area contributed by atoms with Gasteiger partial charge in [-0.3, -0.25) is 14.5 Å². The summed E-state index contributed by atoms with van der Waals surface area (Å²) in [5.74, 6) is -0.0638. The Kier molecular flexibility index (Phi) is 5.38. The summed E-state index contributed by atoms with van der Waals surface area (Å²) >= 11 is 0. The summed E-state index contributed by atoms with van der Waals surface area (Å²) in [5, 5.41) is 2.89. The summed E-state index contributed by atoms with van der Waals surface area (Å²) in [6.45, 7) is 5.00. The molecule has 0 aromatic heterocycles. The van der Waals surface area contributed by atoms with Crippen molar-refractivity contribution in [2.24, 2.45) is 0 Å². The molecule has 2 amide bonds. The van der Waals surface area contributed by atoms with Crippen molar-refractivity contribution in [1.29, 1.82) is 0 Å². The molecule has 2 aromatic rings. The Bertz CT molecular complexity index is 818. The van der Waals surface area contributed by atoms with Gasteiger partial charge >= 0.3 is 0 Å². The molecule has 0 spiro atoms. The average molecular weight is 351 g/mol. The maximum Gasteiger partial charge on any atom is 0.241 e. The molecule has 1 heterocycles. The standard InChI is InChI=1S/C21H25N3O2/c1-15-8-4-5-9-17(15)13-23(3)14-21(26)24-16(2)12-20(25)22-18-10-6-7-11-19(18)24/h4-11,16H,12-14H2,1-3H3,(H,22,25). The Balaban J connectivity index is 1.78. The van der Waals surface area contributed by atoms with E-state index in [-0.39, 0.29) is 17.9 Å². The van der Waals surface area contributed by atoms with Gasteiger partial charge in [-0.05, 0) is 44.2 Å². The Morgan fingerprint density at radius 2 is 1.88 bits per heavy atom. The molecule has 5 heteroatoms. The number of benzene rings is 2. The smallest absolute Gasteiger partial charge is 0.241 e. The van der Waals surface area contributed by atoms with Crippen LogP contribution in [0.2, 0.25) is 0 Å². The Morgan fingerprint density at radius 3 is 2.65 bits per heavy atom. The first kappa shape index (κ1) is 18.1. The molecule has 0 saturated carbocycles. The molecular weight excluding hydrogens is 326 g/mol. The quantitative estimate of drug-likeness (QED) is 0.920. The maximum atomic E-state index is 13.1. The van der Waals surface area contributed by atoms with Gasteiger partial charge in [0.05, 0.1) is 17.9 Å². The van der Waals surface area contributed by atoms with Crippen LogP contribution in [-0.4, -0.2) is 36.3 Å². The predicted molar refractivity (Wildman–Crippen MR) is 104 cm³/mol. The van der Waals surface area contributed by atoms with Crippen LogP contribution >= 0.6 is 0 Å². The molecule has 1 aliphatic heterocycles. The zero-order valence-electron chi connectivity index (χ0n) is 15.5. The third-order valence-corrected chi connectivity index (χ3v) is 4.73. The first-order valence-electron chi connectivity index (χ1n) is 8.89. The number of carbonyl (C=O) groups is 2. The van der Waals surface area contributed by atoms with E-state index in [0.717, 1.165) is 5.69 Å². The number of nitrogens with one attached hydrogen (secondary N) is 1. The summed E-state index contributed by atoms with van der Waals surface area (Å²) in [6.07, 6.45) is 0.294. The van der Waals surface area contributed by atoms with Gasteiger partial charge in [-0.1, -0.05) is 36.4 Å². The molecule has 1 unspecified atom stereocenters. The zero-order valence-corrected chi connectivity index (χ0v) is 15.5. The minimum absolute atomic E-state index is 0.00228. The molecule has 0 bridgehead atoms. The van der Waals surface area contributed by atoms with Crippen LogP contribution in [0.1, 0.15) is 24.5 Å². The molecule has 0 aliphatic carbocycles. The van der Waals surface area contributed by atoms with E-state index in [1.54, 1.807) is 4.90 Å². The van der Waals surface area contributed by atoms with Crippen LogP contribution in [0.25, 0.3) is 0 Å². The first-order chi connectivity index (χ1) is 12.5. The second-order valence-electron chi connectivity index (χ2n) is 6.98. The van der Waals surface area contributed by atoms with Gasteiger partial charge < -0.3 is 10.2 Å². The SMILES string of the molecule is Cc1ccccc1CN(C)CC(=O)N1c2ccccc2NC(=O)CC1C. The van der Waals surface area contributed by atoms with Crippen molar-refractivity contribution in [1.82, 2.24) is 4.90 Å². The molecule has 0 radical (unpaired) electrons.